The SMILES string of the molecule is Cc1nn([C@H]2CCOC(Cl)C2)cc1N1CCCC1CO[Si](C)(C)C(C)(C)C. The summed E-state index contributed by atoms with van der Waals surface area (Å²) in [4.78, 5) is 2.52. The first-order valence-electron chi connectivity index (χ1n) is 10.3. The number of halogens is 1. The van der Waals surface area contributed by atoms with Gasteiger partial charge >= 0.3 is 0 Å². The van der Waals surface area contributed by atoms with Gasteiger partial charge in [0.15, 0.2) is 8.32 Å². The van der Waals surface area contributed by atoms with Crippen LogP contribution in [0.3, 0.4) is 0 Å². The highest BCUT2D eigenvalue weighted by Gasteiger charge is 2.39. The number of aromatic nitrogens is 2. The average Bonchev–Trinajstić information content (AvgIpc) is 3.18. The van der Waals surface area contributed by atoms with Crippen molar-refractivity contribution in [2.24, 2.45) is 0 Å². The highest BCUT2D eigenvalue weighted by atomic mass is 35.5. The van der Waals surface area contributed by atoms with Gasteiger partial charge in [0, 0.05) is 19.2 Å². The Bertz CT molecular complexity index is 644. The molecule has 2 aliphatic heterocycles. The lowest BCUT2D eigenvalue weighted by molar-refractivity contribution is 0.0396. The lowest BCUT2D eigenvalue weighted by Gasteiger charge is -2.38. The standard InChI is InChI=1S/C20H36ClN3O2Si/c1-15-18(13-24(22-15)16-9-11-25-19(21)12-16)23-10-7-8-17(23)14-26-27(5,6)20(2,3)4/h13,16-17,19H,7-12,14H2,1-6H3/t16-,17?,19?/m0/s1. The van der Waals surface area contributed by atoms with Crippen LogP contribution < -0.4 is 4.90 Å². The van der Waals surface area contributed by atoms with Gasteiger partial charge in [-0.05, 0) is 44.3 Å². The molecule has 0 N–H and O–H groups in total. The summed E-state index contributed by atoms with van der Waals surface area (Å²) in [5.74, 6) is 0. The molecule has 2 aliphatic rings. The summed E-state index contributed by atoms with van der Waals surface area (Å²) in [6.45, 7) is 16.3. The van der Waals surface area contributed by atoms with Crippen molar-refractivity contribution in [3.8, 4) is 0 Å². The summed E-state index contributed by atoms with van der Waals surface area (Å²) in [5, 5.41) is 5.07. The Hall–Kier alpha value is -0.563. The van der Waals surface area contributed by atoms with Crippen molar-refractivity contribution in [2.45, 2.75) is 89.2 Å². The number of rotatable bonds is 5. The summed E-state index contributed by atoms with van der Waals surface area (Å²) in [6.07, 6.45) is 6.43. The number of ether oxygens (including phenoxy) is 1. The monoisotopic (exact) mass is 413 g/mol. The molecule has 0 radical (unpaired) electrons. The molecular formula is C20H36ClN3O2Si. The predicted molar refractivity (Wildman–Crippen MR) is 114 cm³/mol. The smallest absolute Gasteiger partial charge is 0.192 e. The maximum Gasteiger partial charge on any atom is 0.192 e. The Morgan fingerprint density at radius 1 is 1.33 bits per heavy atom. The van der Waals surface area contributed by atoms with Gasteiger partial charge < -0.3 is 14.1 Å². The van der Waals surface area contributed by atoms with Crippen LogP contribution in [0.15, 0.2) is 6.20 Å². The van der Waals surface area contributed by atoms with E-state index in [4.69, 9.17) is 25.9 Å². The third kappa shape index (κ3) is 4.71. The van der Waals surface area contributed by atoms with Crippen LogP contribution in [0.5, 0.6) is 0 Å². The third-order valence-electron chi connectivity index (χ3n) is 6.60. The van der Waals surface area contributed by atoms with Crippen LogP contribution in [0, 0.1) is 6.92 Å². The molecule has 0 aromatic carbocycles. The Kier molecular flexibility index (Phi) is 6.31. The van der Waals surface area contributed by atoms with Gasteiger partial charge in [0.2, 0.25) is 0 Å². The maximum atomic E-state index is 6.54. The fraction of sp³-hybridized carbons (Fsp3) is 0.850. The van der Waals surface area contributed by atoms with Crippen LogP contribution in [0.4, 0.5) is 5.69 Å². The Morgan fingerprint density at radius 2 is 2.07 bits per heavy atom. The van der Waals surface area contributed by atoms with Gasteiger partial charge in [-0.25, -0.2) is 0 Å². The number of nitrogens with zero attached hydrogens (tertiary/aromatic N) is 3. The molecule has 2 unspecified atom stereocenters. The minimum absolute atomic E-state index is 0.200. The van der Waals surface area contributed by atoms with Crippen LogP contribution in [0.25, 0.3) is 0 Å². The second kappa shape index (κ2) is 8.05. The number of alkyl halides is 1. The number of hydrogen-bond donors (Lipinski definition) is 0. The van der Waals surface area contributed by atoms with Crippen molar-refractivity contribution in [3.05, 3.63) is 11.9 Å². The molecule has 0 saturated carbocycles. The van der Waals surface area contributed by atoms with Gasteiger partial charge in [0.1, 0.15) is 5.56 Å². The van der Waals surface area contributed by atoms with Crippen LogP contribution in [0.1, 0.15) is 58.2 Å². The average molecular weight is 414 g/mol. The predicted octanol–water partition coefficient (Wildman–Crippen LogP) is 5.10. The molecule has 1 aromatic heterocycles. The molecule has 0 aliphatic carbocycles. The van der Waals surface area contributed by atoms with Crippen LogP contribution >= 0.6 is 11.6 Å². The van der Waals surface area contributed by atoms with Crippen molar-refractivity contribution in [1.82, 2.24) is 9.78 Å². The molecule has 27 heavy (non-hydrogen) atoms. The van der Waals surface area contributed by atoms with Gasteiger partial charge in [-0.3, -0.25) is 4.68 Å². The molecule has 0 bridgehead atoms. The number of aryl methyl sites for hydroxylation is 1. The highest BCUT2D eigenvalue weighted by Crippen LogP contribution is 2.38. The van der Waals surface area contributed by atoms with E-state index in [1.807, 2.05) is 0 Å². The molecule has 3 rings (SSSR count). The molecule has 154 valence electrons. The highest BCUT2D eigenvalue weighted by molar-refractivity contribution is 6.74. The van der Waals surface area contributed by atoms with E-state index in [9.17, 15) is 0 Å². The summed E-state index contributed by atoms with van der Waals surface area (Å²) in [7, 11) is -1.72. The molecular weight excluding hydrogens is 378 g/mol. The fourth-order valence-electron chi connectivity index (χ4n) is 3.76. The quantitative estimate of drug-likeness (QED) is 0.497. The number of anilines is 1. The minimum Gasteiger partial charge on any atom is -0.415 e. The molecule has 2 saturated heterocycles. The fourth-order valence-corrected chi connectivity index (χ4v) is 5.10. The lowest BCUT2D eigenvalue weighted by Crippen LogP contribution is -2.44. The molecule has 1 aromatic rings. The van der Waals surface area contributed by atoms with E-state index >= 15 is 0 Å². The Labute approximate surface area is 170 Å². The van der Waals surface area contributed by atoms with Crippen molar-refractivity contribution in [1.29, 1.82) is 0 Å². The third-order valence-corrected chi connectivity index (χ3v) is 11.4. The summed E-state index contributed by atoms with van der Waals surface area (Å²) in [5.41, 5.74) is 2.16. The topological polar surface area (TPSA) is 39.5 Å². The van der Waals surface area contributed by atoms with Crippen LogP contribution in [0.2, 0.25) is 18.1 Å². The molecule has 3 atom stereocenters. The second-order valence-corrected chi connectivity index (χ2v) is 14.9. The zero-order chi connectivity index (χ0) is 19.8. The van der Waals surface area contributed by atoms with Gasteiger partial charge in [0.25, 0.3) is 0 Å². The van der Waals surface area contributed by atoms with Gasteiger partial charge in [-0.1, -0.05) is 32.4 Å². The number of hydrogen-bond acceptors (Lipinski definition) is 4. The van der Waals surface area contributed by atoms with Crippen LogP contribution in [-0.2, 0) is 9.16 Å². The van der Waals surface area contributed by atoms with E-state index < -0.39 is 8.32 Å². The first-order valence-corrected chi connectivity index (χ1v) is 13.6. The van der Waals surface area contributed by atoms with Gasteiger partial charge in [0.05, 0.1) is 36.7 Å². The molecule has 7 heteroatoms. The molecule has 3 heterocycles. The first kappa shape index (κ1) is 21.2. The molecule has 2 fully saturated rings. The lowest BCUT2D eigenvalue weighted by atomic mass is 10.1. The second-order valence-electron chi connectivity index (χ2n) is 9.60. The summed E-state index contributed by atoms with van der Waals surface area (Å²) in [6, 6.07) is 0.782. The molecule has 0 amide bonds. The maximum absolute atomic E-state index is 6.54. The first-order chi connectivity index (χ1) is 12.6. The van der Waals surface area contributed by atoms with Crippen LogP contribution in [-0.4, -0.2) is 49.5 Å². The summed E-state index contributed by atoms with van der Waals surface area (Å²) < 4.78 is 14.1. The zero-order valence-electron chi connectivity index (χ0n) is 17.8. The Balaban J connectivity index is 1.70. The normalized spacial score (nSPS) is 27.4. The van der Waals surface area contributed by atoms with Crippen molar-refractivity contribution < 1.29 is 9.16 Å². The molecule has 0 spiro atoms. The van der Waals surface area contributed by atoms with E-state index in [1.54, 1.807) is 0 Å². The van der Waals surface area contributed by atoms with Crippen molar-refractivity contribution in [2.75, 3.05) is 24.7 Å². The van der Waals surface area contributed by atoms with E-state index in [0.717, 1.165) is 31.7 Å². The Morgan fingerprint density at radius 3 is 2.74 bits per heavy atom. The van der Waals surface area contributed by atoms with E-state index in [0.29, 0.717) is 18.7 Å². The van der Waals surface area contributed by atoms with Gasteiger partial charge in [-0.2, -0.15) is 5.10 Å². The summed E-state index contributed by atoms with van der Waals surface area (Å²) >= 11 is 6.19. The van der Waals surface area contributed by atoms with Gasteiger partial charge in [-0.15, -0.1) is 0 Å². The van der Waals surface area contributed by atoms with Crippen molar-refractivity contribution in [3.63, 3.8) is 0 Å². The minimum atomic E-state index is -1.72. The largest absolute Gasteiger partial charge is 0.415 e. The molecule has 5 nitrogen and oxygen atoms in total. The van der Waals surface area contributed by atoms with E-state index in [2.05, 4.69) is 56.6 Å². The van der Waals surface area contributed by atoms with Crippen molar-refractivity contribution >= 4 is 25.6 Å². The van der Waals surface area contributed by atoms with E-state index in [-0.39, 0.29) is 10.6 Å². The van der Waals surface area contributed by atoms with E-state index in [1.165, 1.54) is 18.5 Å². The zero-order valence-corrected chi connectivity index (χ0v) is 19.6.